The van der Waals surface area contributed by atoms with Gasteiger partial charge in [-0.15, -0.1) is 0 Å². The van der Waals surface area contributed by atoms with Crippen molar-refractivity contribution in [2.24, 2.45) is 0 Å². The summed E-state index contributed by atoms with van der Waals surface area (Å²) in [4.78, 5) is 11.1. The van der Waals surface area contributed by atoms with Crippen molar-refractivity contribution >= 4 is 27.4 Å². The molecule has 116 valence electrons. The van der Waals surface area contributed by atoms with E-state index in [1.54, 1.807) is 0 Å². The third-order valence-corrected chi connectivity index (χ3v) is 4.79. The molecule has 1 saturated heterocycles. The zero-order chi connectivity index (χ0) is 15.6. The van der Waals surface area contributed by atoms with Crippen LogP contribution in [0.2, 0.25) is 5.02 Å². The van der Waals surface area contributed by atoms with Gasteiger partial charge < -0.3 is 14.6 Å². The molecule has 6 nitrogen and oxygen atoms in total. The first kappa shape index (κ1) is 16.2. The van der Waals surface area contributed by atoms with Crippen molar-refractivity contribution in [1.82, 2.24) is 0 Å². The molecule has 0 amide bonds. The highest BCUT2D eigenvalue weighted by Crippen LogP contribution is 2.29. The molecular formula is C13H15ClO6S. The number of rotatable bonds is 5. The number of hydrogen-bond donors (Lipinski definition) is 1. The predicted molar refractivity (Wildman–Crippen MR) is 75.5 cm³/mol. The molecule has 1 unspecified atom stereocenters. The van der Waals surface area contributed by atoms with Crippen LogP contribution in [0.3, 0.4) is 0 Å². The van der Waals surface area contributed by atoms with Crippen LogP contribution >= 0.6 is 11.6 Å². The third kappa shape index (κ3) is 3.74. The molecule has 0 aliphatic carbocycles. The van der Waals surface area contributed by atoms with E-state index in [0.717, 1.165) is 6.26 Å². The van der Waals surface area contributed by atoms with E-state index < -0.39 is 15.8 Å². The minimum Gasteiger partial charge on any atom is -0.478 e. The van der Waals surface area contributed by atoms with Crippen LogP contribution in [-0.2, 0) is 25.9 Å². The summed E-state index contributed by atoms with van der Waals surface area (Å²) in [6.45, 7) is 0.952. The number of halogens is 1. The average Bonchev–Trinajstić information content (AvgIpc) is 2.88. The zero-order valence-corrected chi connectivity index (χ0v) is 12.9. The van der Waals surface area contributed by atoms with Crippen LogP contribution in [0.4, 0.5) is 0 Å². The molecule has 1 heterocycles. The standard InChI is InChI=1S/C13H15ClO6S/c1-21(17,18)11-3-2-9(13(15)16)12(14)10(11)7-20-8-4-5-19-6-8/h2-3,8H,4-7H2,1H3,(H,15,16). The molecule has 1 atom stereocenters. The summed E-state index contributed by atoms with van der Waals surface area (Å²) in [5, 5.41) is 8.96. The lowest BCUT2D eigenvalue weighted by atomic mass is 10.1. The Kier molecular flexibility index (Phi) is 4.88. The molecule has 1 aromatic rings. The number of carboxylic acid groups (broad SMARTS) is 1. The minimum atomic E-state index is -3.53. The average molecular weight is 335 g/mol. The Morgan fingerprint density at radius 2 is 2.24 bits per heavy atom. The lowest BCUT2D eigenvalue weighted by Crippen LogP contribution is -2.15. The molecule has 1 fully saturated rings. The summed E-state index contributed by atoms with van der Waals surface area (Å²) >= 11 is 6.04. The zero-order valence-electron chi connectivity index (χ0n) is 11.3. The van der Waals surface area contributed by atoms with Gasteiger partial charge in [0.25, 0.3) is 0 Å². The van der Waals surface area contributed by atoms with Crippen molar-refractivity contribution in [2.45, 2.75) is 24.0 Å². The Morgan fingerprint density at radius 1 is 1.52 bits per heavy atom. The van der Waals surface area contributed by atoms with Gasteiger partial charge in [-0.05, 0) is 18.6 Å². The van der Waals surface area contributed by atoms with Gasteiger partial charge in [-0.2, -0.15) is 0 Å². The van der Waals surface area contributed by atoms with Crippen LogP contribution in [0.25, 0.3) is 0 Å². The van der Waals surface area contributed by atoms with Crippen molar-refractivity contribution in [1.29, 1.82) is 0 Å². The first-order chi connectivity index (χ1) is 9.80. The van der Waals surface area contributed by atoms with Gasteiger partial charge in [-0.25, -0.2) is 13.2 Å². The SMILES string of the molecule is CS(=O)(=O)c1ccc(C(=O)O)c(Cl)c1COC1CCOC1. The van der Waals surface area contributed by atoms with E-state index in [2.05, 4.69) is 0 Å². The van der Waals surface area contributed by atoms with Crippen molar-refractivity contribution < 1.29 is 27.8 Å². The maximum absolute atomic E-state index is 11.8. The van der Waals surface area contributed by atoms with Gasteiger partial charge in [0.2, 0.25) is 0 Å². The first-order valence-electron chi connectivity index (χ1n) is 6.24. The van der Waals surface area contributed by atoms with E-state index in [1.165, 1.54) is 12.1 Å². The van der Waals surface area contributed by atoms with Gasteiger partial charge in [0.05, 0.1) is 34.8 Å². The number of benzene rings is 1. The highest BCUT2D eigenvalue weighted by Gasteiger charge is 2.23. The molecule has 0 spiro atoms. The lowest BCUT2D eigenvalue weighted by molar-refractivity contribution is 0.0307. The van der Waals surface area contributed by atoms with Crippen molar-refractivity contribution in [3.63, 3.8) is 0 Å². The molecule has 1 aliphatic heterocycles. The Morgan fingerprint density at radius 3 is 2.76 bits per heavy atom. The Balaban J connectivity index is 2.38. The molecule has 1 aromatic carbocycles. The molecule has 0 saturated carbocycles. The minimum absolute atomic E-state index is 0.0172. The summed E-state index contributed by atoms with van der Waals surface area (Å²) < 4.78 is 34.3. The fourth-order valence-electron chi connectivity index (χ4n) is 2.10. The van der Waals surface area contributed by atoms with Gasteiger partial charge in [0.15, 0.2) is 9.84 Å². The summed E-state index contributed by atoms with van der Waals surface area (Å²) in [6, 6.07) is 2.43. The van der Waals surface area contributed by atoms with Crippen LogP contribution in [-0.4, -0.2) is 45.1 Å². The molecule has 0 aromatic heterocycles. The van der Waals surface area contributed by atoms with Crippen LogP contribution in [0.1, 0.15) is 22.3 Å². The molecular weight excluding hydrogens is 320 g/mol. The molecule has 21 heavy (non-hydrogen) atoms. The largest absolute Gasteiger partial charge is 0.478 e. The molecule has 0 bridgehead atoms. The number of sulfone groups is 1. The highest BCUT2D eigenvalue weighted by atomic mass is 35.5. The van der Waals surface area contributed by atoms with Crippen LogP contribution in [0.15, 0.2) is 17.0 Å². The molecule has 1 N–H and O–H groups in total. The fourth-order valence-corrected chi connectivity index (χ4v) is 3.38. The van der Waals surface area contributed by atoms with E-state index in [4.69, 9.17) is 26.2 Å². The van der Waals surface area contributed by atoms with Gasteiger partial charge in [0.1, 0.15) is 0 Å². The number of aromatic carboxylic acids is 1. The number of carboxylic acids is 1. The van der Waals surface area contributed by atoms with E-state index >= 15 is 0 Å². The normalized spacial score (nSPS) is 18.9. The number of ether oxygens (including phenoxy) is 2. The fraction of sp³-hybridized carbons (Fsp3) is 0.462. The molecule has 1 aliphatic rings. The van der Waals surface area contributed by atoms with E-state index in [9.17, 15) is 13.2 Å². The highest BCUT2D eigenvalue weighted by molar-refractivity contribution is 7.90. The summed E-state index contributed by atoms with van der Waals surface area (Å²) in [5.41, 5.74) is 0.0244. The quantitative estimate of drug-likeness (QED) is 0.882. The monoisotopic (exact) mass is 334 g/mol. The summed E-state index contributed by atoms with van der Waals surface area (Å²) in [7, 11) is -3.53. The second kappa shape index (κ2) is 6.31. The maximum atomic E-state index is 11.8. The smallest absolute Gasteiger partial charge is 0.337 e. The molecule has 8 heteroatoms. The lowest BCUT2D eigenvalue weighted by Gasteiger charge is -2.15. The van der Waals surface area contributed by atoms with Crippen molar-refractivity contribution in [3.05, 3.63) is 28.3 Å². The number of hydrogen-bond acceptors (Lipinski definition) is 5. The second-order valence-corrected chi connectivity index (χ2v) is 7.14. The van der Waals surface area contributed by atoms with Gasteiger partial charge in [0, 0.05) is 18.4 Å². The first-order valence-corrected chi connectivity index (χ1v) is 8.51. The topological polar surface area (TPSA) is 89.9 Å². The van der Waals surface area contributed by atoms with Crippen LogP contribution in [0.5, 0.6) is 0 Å². The number of carbonyl (C=O) groups is 1. The molecule has 0 radical (unpaired) electrons. The predicted octanol–water partition coefficient (Wildman–Crippen LogP) is 1.75. The molecule has 2 rings (SSSR count). The Hall–Kier alpha value is -1.15. The van der Waals surface area contributed by atoms with Gasteiger partial charge in [-0.3, -0.25) is 0 Å². The van der Waals surface area contributed by atoms with E-state index in [1.807, 2.05) is 0 Å². The van der Waals surface area contributed by atoms with E-state index in [-0.39, 0.29) is 33.8 Å². The Labute approximate surface area is 127 Å². The van der Waals surface area contributed by atoms with Gasteiger partial charge in [-0.1, -0.05) is 11.6 Å². The van der Waals surface area contributed by atoms with Gasteiger partial charge >= 0.3 is 5.97 Å². The summed E-state index contributed by atoms with van der Waals surface area (Å²) in [5.74, 6) is -1.22. The third-order valence-electron chi connectivity index (χ3n) is 3.18. The van der Waals surface area contributed by atoms with E-state index in [0.29, 0.717) is 19.6 Å². The van der Waals surface area contributed by atoms with Crippen molar-refractivity contribution in [2.75, 3.05) is 19.5 Å². The Bertz CT molecular complexity index is 649. The maximum Gasteiger partial charge on any atom is 0.337 e. The second-order valence-electron chi connectivity index (χ2n) is 4.78. The summed E-state index contributed by atoms with van der Waals surface area (Å²) in [6.07, 6.45) is 1.62. The van der Waals surface area contributed by atoms with Crippen LogP contribution < -0.4 is 0 Å². The van der Waals surface area contributed by atoms with Crippen molar-refractivity contribution in [3.8, 4) is 0 Å². The van der Waals surface area contributed by atoms with Crippen LogP contribution in [0, 0.1) is 0 Å².